The third-order valence-corrected chi connectivity index (χ3v) is 5.20. The molecule has 0 radical (unpaired) electrons. The van der Waals surface area contributed by atoms with Crippen LogP contribution in [-0.2, 0) is 16.8 Å². The summed E-state index contributed by atoms with van der Waals surface area (Å²) in [6.45, 7) is 2.79. The summed E-state index contributed by atoms with van der Waals surface area (Å²) in [5.41, 5.74) is 3.13. The minimum Gasteiger partial charge on any atom is -0.325 e. The Morgan fingerprint density at radius 1 is 1.00 bits per heavy atom. The molecule has 118 valence electrons. The number of hydrogen-bond donors (Lipinski definition) is 1. The van der Waals surface area contributed by atoms with Crippen LogP contribution >= 0.6 is 0 Å². The first-order chi connectivity index (χ1) is 11.3. The zero-order chi connectivity index (χ0) is 15.7. The molecule has 2 aliphatic heterocycles. The molecule has 0 aromatic heterocycles. The van der Waals surface area contributed by atoms with Crippen LogP contribution in [0, 0.1) is 0 Å². The number of carbonyl (C=O) groups excluding carboxylic acids is 1. The van der Waals surface area contributed by atoms with E-state index in [4.69, 9.17) is 0 Å². The molecular weight excluding hydrogens is 284 g/mol. The lowest BCUT2D eigenvalue weighted by molar-refractivity contribution is -0.121. The van der Waals surface area contributed by atoms with E-state index in [0.29, 0.717) is 0 Å². The van der Waals surface area contributed by atoms with Gasteiger partial charge in [-0.1, -0.05) is 55.0 Å². The van der Waals surface area contributed by atoms with Crippen LogP contribution in [0.15, 0.2) is 54.6 Å². The topological polar surface area (TPSA) is 32.3 Å². The SMILES string of the molecule is O=C1Nc2ccccc2C12CCCCN(Cc1ccccc1)C2. The maximum Gasteiger partial charge on any atom is 0.236 e. The van der Waals surface area contributed by atoms with Gasteiger partial charge in [0.1, 0.15) is 0 Å². The van der Waals surface area contributed by atoms with Gasteiger partial charge in [-0.15, -0.1) is 0 Å². The summed E-state index contributed by atoms with van der Waals surface area (Å²) in [5.74, 6) is 0.179. The number of likely N-dealkylation sites (tertiary alicyclic amines) is 1. The minimum absolute atomic E-state index is 0.179. The van der Waals surface area contributed by atoms with E-state index >= 15 is 0 Å². The molecule has 2 heterocycles. The van der Waals surface area contributed by atoms with Gasteiger partial charge in [0.15, 0.2) is 0 Å². The van der Waals surface area contributed by atoms with E-state index in [9.17, 15) is 4.79 Å². The molecule has 23 heavy (non-hydrogen) atoms. The first-order valence-corrected chi connectivity index (χ1v) is 8.45. The zero-order valence-electron chi connectivity index (χ0n) is 13.3. The van der Waals surface area contributed by atoms with E-state index in [0.717, 1.165) is 44.6 Å². The standard InChI is InChI=1S/C20H22N2O/c23-19-20(17-10-4-5-11-18(17)21-19)12-6-7-13-22(15-20)14-16-8-2-1-3-9-16/h1-5,8-11H,6-7,12-15H2,(H,21,23). The van der Waals surface area contributed by atoms with Gasteiger partial charge in [0, 0.05) is 18.8 Å². The van der Waals surface area contributed by atoms with Crippen molar-refractivity contribution in [3.05, 3.63) is 65.7 Å². The van der Waals surface area contributed by atoms with Crippen LogP contribution in [0.5, 0.6) is 0 Å². The van der Waals surface area contributed by atoms with Gasteiger partial charge in [0.05, 0.1) is 5.41 Å². The summed E-state index contributed by atoms with van der Waals surface area (Å²) < 4.78 is 0. The lowest BCUT2D eigenvalue weighted by Crippen LogP contribution is -2.44. The van der Waals surface area contributed by atoms with Crippen molar-refractivity contribution in [3.63, 3.8) is 0 Å². The molecule has 1 atom stereocenters. The minimum atomic E-state index is -0.373. The van der Waals surface area contributed by atoms with Gasteiger partial charge in [-0.25, -0.2) is 0 Å². The van der Waals surface area contributed by atoms with Crippen molar-refractivity contribution >= 4 is 11.6 Å². The Labute approximate surface area is 137 Å². The van der Waals surface area contributed by atoms with E-state index in [1.54, 1.807) is 0 Å². The largest absolute Gasteiger partial charge is 0.325 e. The molecule has 1 N–H and O–H groups in total. The monoisotopic (exact) mass is 306 g/mol. The van der Waals surface area contributed by atoms with E-state index < -0.39 is 0 Å². The second kappa shape index (κ2) is 5.82. The van der Waals surface area contributed by atoms with Crippen LogP contribution in [0.1, 0.15) is 30.4 Å². The van der Waals surface area contributed by atoms with Crippen LogP contribution in [0.4, 0.5) is 5.69 Å². The fourth-order valence-electron chi connectivity index (χ4n) is 4.06. The van der Waals surface area contributed by atoms with Crippen molar-refractivity contribution < 1.29 is 4.79 Å². The molecule has 3 heteroatoms. The highest BCUT2D eigenvalue weighted by Crippen LogP contribution is 2.43. The Morgan fingerprint density at radius 3 is 2.65 bits per heavy atom. The molecule has 2 aromatic rings. The van der Waals surface area contributed by atoms with Crippen LogP contribution in [-0.4, -0.2) is 23.9 Å². The number of rotatable bonds is 2. The molecule has 2 aliphatic rings. The van der Waals surface area contributed by atoms with Crippen molar-refractivity contribution in [3.8, 4) is 0 Å². The van der Waals surface area contributed by atoms with Gasteiger partial charge in [-0.3, -0.25) is 9.69 Å². The fourth-order valence-corrected chi connectivity index (χ4v) is 4.06. The Bertz CT molecular complexity index is 713. The number of hydrogen-bond acceptors (Lipinski definition) is 2. The normalized spacial score (nSPS) is 24.3. The van der Waals surface area contributed by atoms with Gasteiger partial charge in [-0.05, 0) is 36.6 Å². The fraction of sp³-hybridized carbons (Fsp3) is 0.350. The second-order valence-electron chi connectivity index (χ2n) is 6.74. The molecular formula is C20H22N2O. The summed E-state index contributed by atoms with van der Waals surface area (Å²) in [7, 11) is 0. The van der Waals surface area contributed by atoms with Crippen LogP contribution in [0.3, 0.4) is 0 Å². The first kappa shape index (κ1) is 14.5. The summed E-state index contributed by atoms with van der Waals surface area (Å²) in [6.07, 6.45) is 3.21. The highest BCUT2D eigenvalue weighted by molar-refractivity contribution is 6.06. The van der Waals surface area contributed by atoms with Crippen molar-refractivity contribution in [1.29, 1.82) is 0 Å². The molecule has 0 saturated carbocycles. The van der Waals surface area contributed by atoms with Gasteiger partial charge in [0.25, 0.3) is 0 Å². The average Bonchev–Trinajstić information content (AvgIpc) is 2.72. The highest BCUT2D eigenvalue weighted by Gasteiger charge is 2.47. The molecule has 2 aromatic carbocycles. The van der Waals surface area contributed by atoms with Crippen LogP contribution < -0.4 is 5.32 Å². The zero-order valence-corrected chi connectivity index (χ0v) is 13.3. The van der Waals surface area contributed by atoms with E-state index in [2.05, 4.69) is 40.5 Å². The average molecular weight is 306 g/mol. The number of para-hydroxylation sites is 1. The van der Waals surface area contributed by atoms with Crippen molar-refractivity contribution in [2.75, 3.05) is 18.4 Å². The molecule has 1 amide bonds. The predicted molar refractivity (Wildman–Crippen MR) is 92.3 cm³/mol. The Hall–Kier alpha value is -2.13. The molecule has 3 nitrogen and oxygen atoms in total. The Morgan fingerprint density at radius 2 is 1.78 bits per heavy atom. The number of anilines is 1. The van der Waals surface area contributed by atoms with Crippen molar-refractivity contribution in [2.45, 2.75) is 31.2 Å². The van der Waals surface area contributed by atoms with Crippen LogP contribution in [0.2, 0.25) is 0 Å². The molecule has 4 rings (SSSR count). The third kappa shape index (κ3) is 2.55. The highest BCUT2D eigenvalue weighted by atomic mass is 16.2. The van der Waals surface area contributed by atoms with Gasteiger partial charge in [0.2, 0.25) is 5.91 Å². The smallest absolute Gasteiger partial charge is 0.236 e. The Balaban J connectivity index is 1.65. The molecule has 1 saturated heterocycles. The number of fused-ring (bicyclic) bond motifs is 2. The summed E-state index contributed by atoms with van der Waals surface area (Å²) in [4.78, 5) is 15.3. The van der Waals surface area contributed by atoms with E-state index in [1.807, 2.05) is 24.3 Å². The number of nitrogens with one attached hydrogen (secondary N) is 1. The van der Waals surface area contributed by atoms with Gasteiger partial charge in [-0.2, -0.15) is 0 Å². The Kier molecular flexibility index (Phi) is 3.66. The maximum absolute atomic E-state index is 12.8. The number of carbonyl (C=O) groups is 1. The lowest BCUT2D eigenvalue weighted by atomic mass is 9.77. The first-order valence-electron chi connectivity index (χ1n) is 8.45. The number of amides is 1. The molecule has 1 spiro atoms. The molecule has 1 fully saturated rings. The quantitative estimate of drug-likeness (QED) is 0.920. The predicted octanol–water partition coefficient (Wildman–Crippen LogP) is 3.56. The van der Waals surface area contributed by atoms with Crippen molar-refractivity contribution in [2.24, 2.45) is 0 Å². The third-order valence-electron chi connectivity index (χ3n) is 5.20. The maximum atomic E-state index is 12.8. The number of benzene rings is 2. The summed E-state index contributed by atoms with van der Waals surface area (Å²) >= 11 is 0. The molecule has 0 aliphatic carbocycles. The number of nitrogens with zero attached hydrogens (tertiary/aromatic N) is 1. The van der Waals surface area contributed by atoms with E-state index in [-0.39, 0.29) is 11.3 Å². The van der Waals surface area contributed by atoms with E-state index in [1.165, 1.54) is 11.1 Å². The summed E-state index contributed by atoms with van der Waals surface area (Å²) in [5, 5.41) is 3.10. The lowest BCUT2D eigenvalue weighted by Gasteiger charge is -2.31. The second-order valence-corrected chi connectivity index (χ2v) is 6.74. The van der Waals surface area contributed by atoms with Gasteiger partial charge >= 0.3 is 0 Å². The van der Waals surface area contributed by atoms with Gasteiger partial charge < -0.3 is 5.32 Å². The van der Waals surface area contributed by atoms with Crippen LogP contribution in [0.25, 0.3) is 0 Å². The summed E-state index contributed by atoms with van der Waals surface area (Å²) in [6, 6.07) is 18.7. The van der Waals surface area contributed by atoms with Crippen molar-refractivity contribution in [1.82, 2.24) is 4.90 Å². The molecule has 0 bridgehead atoms. The molecule has 1 unspecified atom stereocenters.